The number of ketones is 1. The number of hydrogen-bond acceptors (Lipinski definition) is 6. The molecule has 0 radical (unpaired) electrons. The summed E-state index contributed by atoms with van der Waals surface area (Å²) >= 11 is 0. The second-order valence-corrected chi connectivity index (χ2v) is 5.58. The summed E-state index contributed by atoms with van der Waals surface area (Å²) in [5.41, 5.74) is 0.862. The molecule has 120 valence electrons. The van der Waals surface area contributed by atoms with E-state index in [4.69, 9.17) is 18.9 Å². The van der Waals surface area contributed by atoms with Crippen LogP contribution in [0.4, 0.5) is 0 Å². The van der Waals surface area contributed by atoms with Gasteiger partial charge in [0.05, 0.1) is 18.6 Å². The van der Waals surface area contributed by atoms with E-state index in [0.717, 1.165) is 5.56 Å². The maximum absolute atomic E-state index is 11.8. The number of carbonyl (C=O) groups excluding carboxylic acids is 1. The highest BCUT2D eigenvalue weighted by Gasteiger charge is 2.51. The lowest BCUT2D eigenvalue weighted by atomic mass is 9.87. The molecule has 6 nitrogen and oxygen atoms in total. The Morgan fingerprint density at radius 3 is 2.64 bits per heavy atom. The van der Waals surface area contributed by atoms with Gasteiger partial charge in [-0.15, -0.1) is 0 Å². The number of benzene rings is 1. The second kappa shape index (κ2) is 6.44. The maximum atomic E-state index is 11.8. The van der Waals surface area contributed by atoms with E-state index in [1.807, 2.05) is 30.3 Å². The van der Waals surface area contributed by atoms with Gasteiger partial charge in [0.2, 0.25) is 0 Å². The first-order valence-corrected chi connectivity index (χ1v) is 7.30. The third-order valence-corrected chi connectivity index (χ3v) is 4.14. The second-order valence-electron chi connectivity index (χ2n) is 5.58. The van der Waals surface area contributed by atoms with Crippen LogP contribution >= 0.6 is 0 Å². The van der Waals surface area contributed by atoms with Crippen LogP contribution in [0.1, 0.15) is 18.8 Å². The molecule has 2 heterocycles. The van der Waals surface area contributed by atoms with Gasteiger partial charge in [-0.3, -0.25) is 4.79 Å². The van der Waals surface area contributed by atoms with Gasteiger partial charge in [-0.1, -0.05) is 30.3 Å². The summed E-state index contributed by atoms with van der Waals surface area (Å²) in [5.74, 6) is -0.954. The molecule has 1 aromatic carbocycles. The van der Waals surface area contributed by atoms with Crippen molar-refractivity contribution >= 4 is 5.78 Å². The number of ether oxygens (including phenoxy) is 4. The van der Waals surface area contributed by atoms with Crippen LogP contribution in [0, 0.1) is 5.92 Å². The fourth-order valence-corrected chi connectivity index (χ4v) is 3.01. The van der Waals surface area contributed by atoms with Crippen molar-refractivity contribution < 1.29 is 28.8 Å². The summed E-state index contributed by atoms with van der Waals surface area (Å²) in [6, 6.07) is 9.47. The summed E-state index contributed by atoms with van der Waals surface area (Å²) in [7, 11) is 1.45. The number of carbonyl (C=O) groups is 1. The highest BCUT2D eigenvalue weighted by Crippen LogP contribution is 2.36. The lowest BCUT2D eigenvalue weighted by molar-refractivity contribution is -0.345. The molecule has 6 atom stereocenters. The lowest BCUT2D eigenvalue weighted by Crippen LogP contribution is -2.61. The fraction of sp³-hybridized carbons (Fsp3) is 0.562. The fourth-order valence-electron chi connectivity index (χ4n) is 3.01. The van der Waals surface area contributed by atoms with Crippen LogP contribution in [-0.4, -0.2) is 49.2 Å². The minimum atomic E-state index is -0.990. The number of Topliss-reactive ketones (excluding diaryl/α,β-unsaturated/α-hetero) is 1. The van der Waals surface area contributed by atoms with Crippen molar-refractivity contribution in [3.05, 3.63) is 35.9 Å². The van der Waals surface area contributed by atoms with Gasteiger partial charge in [-0.25, -0.2) is 0 Å². The van der Waals surface area contributed by atoms with Crippen molar-refractivity contribution in [3.8, 4) is 0 Å². The molecule has 3 rings (SSSR count). The molecule has 0 amide bonds. The minimum Gasteiger partial charge on any atom is -0.389 e. The Bertz CT molecular complexity index is 519. The molecule has 3 unspecified atom stereocenters. The zero-order valence-corrected chi connectivity index (χ0v) is 12.5. The third kappa shape index (κ3) is 2.80. The SMILES string of the molecule is CO[C@H]1OC2COC(c3ccccc3)O[C@H]2[C@H](O)C1C(C)=O. The standard InChI is InChI=1S/C16H20O6/c1-9(17)12-13(18)14-11(21-16(12)19-2)8-20-15(22-14)10-6-4-3-5-7-10/h3-7,11-16,18H,8H2,1-2H3/t11?,12?,13-,14-,15?,16+/m1/s1. The predicted octanol–water partition coefficient (Wildman–Crippen LogP) is 1.04. The van der Waals surface area contributed by atoms with Gasteiger partial charge in [0.15, 0.2) is 12.6 Å². The van der Waals surface area contributed by atoms with Gasteiger partial charge in [0, 0.05) is 12.7 Å². The summed E-state index contributed by atoms with van der Waals surface area (Å²) < 4.78 is 22.4. The van der Waals surface area contributed by atoms with Crippen LogP contribution in [0.2, 0.25) is 0 Å². The van der Waals surface area contributed by atoms with Crippen molar-refractivity contribution in [1.82, 2.24) is 0 Å². The molecule has 0 bridgehead atoms. The van der Waals surface area contributed by atoms with Gasteiger partial charge >= 0.3 is 0 Å². The lowest BCUT2D eigenvalue weighted by Gasteiger charge is -2.46. The molecular formula is C16H20O6. The average molecular weight is 308 g/mol. The highest BCUT2D eigenvalue weighted by molar-refractivity contribution is 5.79. The summed E-state index contributed by atoms with van der Waals surface area (Å²) in [6.07, 6.45) is -3.44. The van der Waals surface area contributed by atoms with E-state index >= 15 is 0 Å². The normalized spacial score (nSPS) is 38.3. The topological polar surface area (TPSA) is 74.2 Å². The molecule has 0 aromatic heterocycles. The first-order valence-electron chi connectivity index (χ1n) is 7.30. The first kappa shape index (κ1) is 15.6. The Balaban J connectivity index is 1.79. The van der Waals surface area contributed by atoms with E-state index in [1.165, 1.54) is 14.0 Å². The number of aliphatic hydroxyl groups is 1. The molecule has 0 saturated carbocycles. The van der Waals surface area contributed by atoms with Crippen LogP contribution in [0.15, 0.2) is 30.3 Å². The summed E-state index contributed by atoms with van der Waals surface area (Å²) in [6.45, 7) is 1.68. The van der Waals surface area contributed by atoms with E-state index in [0.29, 0.717) is 0 Å². The third-order valence-electron chi connectivity index (χ3n) is 4.14. The molecule has 2 aliphatic rings. The molecule has 22 heavy (non-hydrogen) atoms. The predicted molar refractivity (Wildman–Crippen MR) is 75.9 cm³/mol. The monoisotopic (exact) mass is 308 g/mol. The number of methoxy groups -OCH3 is 1. The number of aliphatic hydroxyl groups excluding tert-OH is 1. The van der Waals surface area contributed by atoms with E-state index in [-0.39, 0.29) is 12.4 Å². The highest BCUT2D eigenvalue weighted by atomic mass is 16.7. The van der Waals surface area contributed by atoms with Gasteiger partial charge < -0.3 is 24.1 Å². The Morgan fingerprint density at radius 1 is 1.27 bits per heavy atom. The molecule has 6 heteroatoms. The Labute approximate surface area is 128 Å². The van der Waals surface area contributed by atoms with E-state index in [1.54, 1.807) is 0 Å². The molecule has 1 aromatic rings. The van der Waals surface area contributed by atoms with Gasteiger partial charge in [0.25, 0.3) is 0 Å². The smallest absolute Gasteiger partial charge is 0.184 e. The zero-order valence-electron chi connectivity index (χ0n) is 12.5. The summed E-state index contributed by atoms with van der Waals surface area (Å²) in [4.78, 5) is 11.8. The van der Waals surface area contributed by atoms with Crippen LogP contribution < -0.4 is 0 Å². The Hall–Kier alpha value is -1.31. The van der Waals surface area contributed by atoms with E-state index in [2.05, 4.69) is 0 Å². The van der Waals surface area contributed by atoms with Crippen LogP contribution in [0.25, 0.3) is 0 Å². The largest absolute Gasteiger partial charge is 0.389 e. The Kier molecular flexibility index (Phi) is 4.56. The summed E-state index contributed by atoms with van der Waals surface area (Å²) in [5, 5.41) is 10.5. The molecule has 1 N–H and O–H groups in total. The van der Waals surface area contributed by atoms with Crippen LogP contribution in [0.5, 0.6) is 0 Å². The van der Waals surface area contributed by atoms with Gasteiger partial charge in [-0.05, 0) is 6.92 Å². The van der Waals surface area contributed by atoms with Crippen molar-refractivity contribution in [2.24, 2.45) is 5.92 Å². The maximum Gasteiger partial charge on any atom is 0.184 e. The number of hydrogen-bond donors (Lipinski definition) is 1. The molecule has 2 saturated heterocycles. The van der Waals surface area contributed by atoms with Crippen LogP contribution in [0.3, 0.4) is 0 Å². The van der Waals surface area contributed by atoms with Crippen molar-refractivity contribution in [2.45, 2.75) is 37.8 Å². The quantitative estimate of drug-likeness (QED) is 0.899. The van der Waals surface area contributed by atoms with Crippen LogP contribution in [-0.2, 0) is 23.7 Å². The average Bonchev–Trinajstić information content (AvgIpc) is 2.54. The number of fused-ring (bicyclic) bond motifs is 1. The van der Waals surface area contributed by atoms with Crippen molar-refractivity contribution in [3.63, 3.8) is 0 Å². The molecule has 2 aliphatic heterocycles. The van der Waals surface area contributed by atoms with Gasteiger partial charge in [-0.2, -0.15) is 0 Å². The Morgan fingerprint density at radius 2 is 2.00 bits per heavy atom. The first-order chi connectivity index (χ1) is 10.6. The molecule has 0 aliphatic carbocycles. The number of rotatable bonds is 3. The van der Waals surface area contributed by atoms with Crippen molar-refractivity contribution in [1.29, 1.82) is 0 Å². The van der Waals surface area contributed by atoms with E-state index in [9.17, 15) is 9.90 Å². The molecule has 0 spiro atoms. The van der Waals surface area contributed by atoms with E-state index < -0.39 is 36.8 Å². The molecular weight excluding hydrogens is 288 g/mol. The van der Waals surface area contributed by atoms with Crippen molar-refractivity contribution in [2.75, 3.05) is 13.7 Å². The van der Waals surface area contributed by atoms with Gasteiger partial charge in [0.1, 0.15) is 18.0 Å². The minimum absolute atomic E-state index is 0.191. The zero-order chi connectivity index (χ0) is 15.7. The molecule has 2 fully saturated rings.